The maximum Gasteiger partial charge on any atom is 0.413 e. The number of halogens is 3. The molecule has 4 heterocycles. The van der Waals surface area contributed by atoms with Crippen LogP contribution in [0.25, 0.3) is 21.9 Å². The summed E-state index contributed by atoms with van der Waals surface area (Å²) in [5, 5.41) is 6.82. The number of rotatable bonds is 5. The average Bonchev–Trinajstić information content (AvgIpc) is 3.29. The number of fused-ring (bicyclic) bond motifs is 3. The third-order valence-corrected chi connectivity index (χ3v) is 7.30. The fourth-order valence-electron chi connectivity index (χ4n) is 5.39. The van der Waals surface area contributed by atoms with Crippen molar-refractivity contribution in [3.05, 3.63) is 35.9 Å². The van der Waals surface area contributed by atoms with Gasteiger partial charge in [0.25, 0.3) is 6.43 Å². The number of nitrogens with two attached hydrogens (primary N) is 1. The van der Waals surface area contributed by atoms with Crippen LogP contribution in [0.1, 0.15) is 5.56 Å². The number of benzene rings is 1. The molecular weight excluding hydrogens is 489 g/mol. The fraction of sp³-hybridized carbons (Fsp3) is 0.400. The van der Waals surface area contributed by atoms with Crippen LogP contribution in [0.4, 0.5) is 35.2 Å². The Labute approximate surface area is 210 Å². The molecule has 2 unspecified atom stereocenters. The fourth-order valence-corrected chi connectivity index (χ4v) is 5.39. The third kappa shape index (κ3) is 4.24. The van der Waals surface area contributed by atoms with Gasteiger partial charge in [0.05, 0.1) is 12.2 Å². The molecule has 0 spiro atoms. The lowest BCUT2D eigenvalue weighted by atomic mass is 9.97. The van der Waals surface area contributed by atoms with Crippen molar-refractivity contribution >= 4 is 34.1 Å². The normalized spacial score (nSPS) is 22.2. The summed E-state index contributed by atoms with van der Waals surface area (Å²) >= 11 is 0. The summed E-state index contributed by atoms with van der Waals surface area (Å²) in [6.07, 6.45) is -0.391. The number of hydrogen-bond acceptors (Lipinski definition) is 8. The highest BCUT2D eigenvalue weighted by atomic mass is 19.3. The van der Waals surface area contributed by atoms with Gasteiger partial charge in [-0.05, 0) is 30.0 Å². The molecule has 3 aliphatic rings. The maximum absolute atomic E-state index is 15.3. The third-order valence-electron chi connectivity index (χ3n) is 7.30. The molecule has 2 atom stereocenters. The van der Waals surface area contributed by atoms with E-state index in [1.807, 2.05) is 6.92 Å². The highest BCUT2D eigenvalue weighted by Crippen LogP contribution is 2.48. The number of aromatic nitrogens is 2. The Hall–Kier alpha value is -3.80. The number of carbonyl (C=O) groups excluding carboxylic acids is 1. The number of likely N-dealkylation sites (tertiary alicyclic amines) is 1. The molecule has 1 amide bonds. The van der Waals surface area contributed by atoms with E-state index in [2.05, 4.69) is 20.6 Å². The van der Waals surface area contributed by atoms with Crippen molar-refractivity contribution in [2.24, 2.45) is 11.8 Å². The molecular formula is C25H25F3N6O3. The summed E-state index contributed by atoms with van der Waals surface area (Å²) in [5.41, 5.74) is 8.39. The molecule has 4 N–H and O–H groups in total. The molecule has 1 saturated carbocycles. The van der Waals surface area contributed by atoms with Crippen molar-refractivity contribution in [1.82, 2.24) is 14.9 Å². The number of piperidine rings is 1. The molecule has 194 valence electrons. The van der Waals surface area contributed by atoms with Crippen LogP contribution >= 0.6 is 0 Å². The molecule has 12 heteroatoms. The molecule has 3 aromatic rings. The van der Waals surface area contributed by atoms with Crippen molar-refractivity contribution in [3.8, 4) is 17.0 Å². The highest BCUT2D eigenvalue weighted by molar-refractivity contribution is 5.99. The first-order valence-electron chi connectivity index (χ1n) is 12.0. The number of nitrogens with one attached hydrogen (secondary N) is 2. The van der Waals surface area contributed by atoms with Crippen LogP contribution < -0.4 is 21.1 Å². The van der Waals surface area contributed by atoms with E-state index < -0.39 is 18.3 Å². The van der Waals surface area contributed by atoms with E-state index in [1.165, 1.54) is 6.20 Å². The Bertz CT molecular complexity index is 1390. The topological polar surface area (TPSA) is 115 Å². The Morgan fingerprint density at radius 3 is 2.81 bits per heavy atom. The zero-order valence-corrected chi connectivity index (χ0v) is 19.9. The zero-order valence-electron chi connectivity index (χ0n) is 19.9. The van der Waals surface area contributed by atoms with Crippen LogP contribution in [-0.4, -0.2) is 66.3 Å². The molecule has 37 heavy (non-hydrogen) atoms. The molecule has 1 saturated heterocycles. The molecule has 2 aliphatic heterocycles. The summed E-state index contributed by atoms with van der Waals surface area (Å²) in [4.78, 5) is 22.7. The lowest BCUT2D eigenvalue weighted by molar-refractivity contribution is 0.0790. The SMILES string of the molecule is Cc1c(-c2cc3cc(NC(=O)OC4C5CN(CC(F)F)CC54)ncc3c(N)c2F)cnc2c1NCCO2. The predicted octanol–water partition coefficient (Wildman–Crippen LogP) is 3.87. The van der Waals surface area contributed by atoms with E-state index in [4.69, 9.17) is 15.2 Å². The first kappa shape index (κ1) is 23.6. The van der Waals surface area contributed by atoms with Gasteiger partial charge in [-0.15, -0.1) is 0 Å². The van der Waals surface area contributed by atoms with E-state index in [0.29, 0.717) is 54.1 Å². The molecule has 2 fully saturated rings. The largest absolute Gasteiger partial charge is 0.474 e. The van der Waals surface area contributed by atoms with E-state index in [0.717, 1.165) is 5.56 Å². The summed E-state index contributed by atoms with van der Waals surface area (Å²) < 4.78 is 51.5. The number of pyridine rings is 2. The van der Waals surface area contributed by atoms with Gasteiger partial charge in [0.15, 0.2) is 5.82 Å². The number of carbonyl (C=O) groups is 1. The van der Waals surface area contributed by atoms with Gasteiger partial charge in [-0.3, -0.25) is 10.2 Å². The monoisotopic (exact) mass is 514 g/mol. The van der Waals surface area contributed by atoms with E-state index in [1.54, 1.807) is 23.2 Å². The number of hydrogen-bond donors (Lipinski definition) is 3. The van der Waals surface area contributed by atoms with Gasteiger partial charge in [0.1, 0.15) is 24.2 Å². The van der Waals surface area contributed by atoms with Crippen LogP contribution in [0, 0.1) is 24.6 Å². The number of alkyl halides is 2. The van der Waals surface area contributed by atoms with Crippen molar-refractivity contribution in [1.29, 1.82) is 0 Å². The van der Waals surface area contributed by atoms with Gasteiger partial charge >= 0.3 is 6.09 Å². The van der Waals surface area contributed by atoms with Crippen LogP contribution in [-0.2, 0) is 4.74 Å². The second-order valence-corrected chi connectivity index (χ2v) is 9.63. The highest BCUT2D eigenvalue weighted by Gasteiger charge is 2.58. The van der Waals surface area contributed by atoms with Crippen molar-refractivity contribution < 1.29 is 27.4 Å². The molecule has 0 radical (unpaired) electrons. The molecule has 9 nitrogen and oxygen atoms in total. The Morgan fingerprint density at radius 2 is 2.05 bits per heavy atom. The first-order valence-corrected chi connectivity index (χ1v) is 12.0. The molecule has 6 rings (SSSR count). The van der Waals surface area contributed by atoms with Gasteiger partial charge in [0, 0.05) is 60.4 Å². The van der Waals surface area contributed by atoms with Crippen molar-refractivity contribution in [3.63, 3.8) is 0 Å². The van der Waals surface area contributed by atoms with Crippen LogP contribution in [0.2, 0.25) is 0 Å². The Morgan fingerprint density at radius 1 is 1.27 bits per heavy atom. The summed E-state index contributed by atoms with van der Waals surface area (Å²) in [7, 11) is 0. The van der Waals surface area contributed by atoms with Crippen molar-refractivity contribution in [2.75, 3.05) is 49.2 Å². The number of nitrogens with zero attached hydrogens (tertiary/aromatic N) is 3. The van der Waals surface area contributed by atoms with Gasteiger partial charge in [-0.2, -0.15) is 0 Å². The molecule has 0 bridgehead atoms. The van der Waals surface area contributed by atoms with Gasteiger partial charge in [-0.25, -0.2) is 27.9 Å². The van der Waals surface area contributed by atoms with Gasteiger partial charge < -0.3 is 20.5 Å². The van der Waals surface area contributed by atoms with Crippen molar-refractivity contribution in [2.45, 2.75) is 19.5 Å². The second-order valence-electron chi connectivity index (χ2n) is 9.63. The average molecular weight is 515 g/mol. The lowest BCUT2D eigenvalue weighted by Gasteiger charge is -2.22. The minimum Gasteiger partial charge on any atom is -0.474 e. The summed E-state index contributed by atoms with van der Waals surface area (Å²) in [6, 6.07) is 3.23. The maximum atomic E-state index is 15.3. The minimum absolute atomic E-state index is 0.0605. The predicted molar refractivity (Wildman–Crippen MR) is 131 cm³/mol. The van der Waals surface area contributed by atoms with Gasteiger partial charge in [-0.1, -0.05) is 0 Å². The number of amides is 1. The number of anilines is 3. The molecule has 2 aromatic heterocycles. The lowest BCUT2D eigenvalue weighted by Crippen LogP contribution is -2.31. The van der Waals surface area contributed by atoms with Crippen LogP contribution in [0.15, 0.2) is 24.5 Å². The van der Waals surface area contributed by atoms with Crippen LogP contribution in [0.5, 0.6) is 5.88 Å². The van der Waals surface area contributed by atoms with Crippen LogP contribution in [0.3, 0.4) is 0 Å². The number of ether oxygens (including phenoxy) is 2. The van der Waals surface area contributed by atoms with Gasteiger partial charge in [0.2, 0.25) is 5.88 Å². The minimum atomic E-state index is -2.37. The first-order chi connectivity index (χ1) is 17.8. The molecule has 1 aliphatic carbocycles. The zero-order chi connectivity index (χ0) is 25.8. The van der Waals surface area contributed by atoms with E-state index >= 15 is 4.39 Å². The summed E-state index contributed by atoms with van der Waals surface area (Å²) in [5.74, 6) is 0.255. The van der Waals surface area contributed by atoms with E-state index in [9.17, 15) is 13.6 Å². The quantitative estimate of drug-likeness (QED) is 0.440. The Balaban J connectivity index is 1.21. The smallest absolute Gasteiger partial charge is 0.413 e. The Kier molecular flexibility index (Phi) is 5.70. The summed E-state index contributed by atoms with van der Waals surface area (Å²) in [6.45, 7) is 3.70. The standard InChI is InChI=1S/C25H25F3N6O3/c1-11-14(6-32-24-22(11)30-2-3-36-24)13-4-12-5-19(31-7-15(12)21(29)20(13)28)33-25(35)37-23-16-8-34(9-17(16)23)10-18(26)27/h4-7,16-18,23,30H,2-3,8-10,29H2,1H3,(H,31,33,35). The molecule has 1 aromatic carbocycles. The second kappa shape index (κ2) is 8.94. The number of nitrogen functional groups attached to an aromatic ring is 1. The van der Waals surface area contributed by atoms with E-state index in [-0.39, 0.29) is 41.6 Å².